The molecule has 0 aromatic heterocycles. The van der Waals surface area contributed by atoms with Crippen molar-refractivity contribution < 1.29 is 0 Å². The number of hydrogen-bond acceptors (Lipinski definition) is 2. The van der Waals surface area contributed by atoms with Crippen molar-refractivity contribution in [3.8, 4) is 0 Å². The van der Waals surface area contributed by atoms with Gasteiger partial charge < -0.3 is 11.5 Å². The first kappa shape index (κ1) is 12.0. The maximum Gasteiger partial charge on any atom is 0.0321 e. The van der Waals surface area contributed by atoms with E-state index in [1.807, 2.05) is 0 Å². The Labute approximate surface area is 106 Å². The van der Waals surface area contributed by atoms with Gasteiger partial charge in [-0.3, -0.25) is 0 Å². The summed E-state index contributed by atoms with van der Waals surface area (Å²) in [6.45, 7) is 4.65. The van der Waals surface area contributed by atoms with E-state index in [-0.39, 0.29) is 11.6 Å². The average molecular weight is 236 g/mol. The Morgan fingerprint density at radius 2 is 1.88 bits per heavy atom. The molecule has 2 heteroatoms. The van der Waals surface area contributed by atoms with E-state index in [4.69, 9.17) is 11.5 Å². The maximum atomic E-state index is 6.72. The molecule has 17 heavy (non-hydrogen) atoms. The third kappa shape index (κ3) is 1.46. The lowest BCUT2D eigenvalue weighted by atomic mass is 9.39. The maximum absolute atomic E-state index is 6.72. The van der Waals surface area contributed by atoms with Crippen LogP contribution in [0.1, 0.15) is 65.2 Å². The van der Waals surface area contributed by atoms with Gasteiger partial charge in [0.25, 0.3) is 0 Å². The molecular weight excluding hydrogens is 208 g/mol. The summed E-state index contributed by atoms with van der Waals surface area (Å²) in [7, 11) is 0. The summed E-state index contributed by atoms with van der Waals surface area (Å²) >= 11 is 0. The summed E-state index contributed by atoms with van der Waals surface area (Å²) in [6.07, 6.45) is 10.5. The van der Waals surface area contributed by atoms with Crippen LogP contribution in [0.5, 0.6) is 0 Å². The fourth-order valence-electron chi connectivity index (χ4n) is 6.12. The lowest BCUT2D eigenvalue weighted by Gasteiger charge is -2.69. The fourth-order valence-corrected chi connectivity index (χ4v) is 6.12. The van der Waals surface area contributed by atoms with Crippen LogP contribution in [-0.4, -0.2) is 11.6 Å². The van der Waals surface area contributed by atoms with Crippen LogP contribution in [0.25, 0.3) is 0 Å². The summed E-state index contributed by atoms with van der Waals surface area (Å²) in [5, 5.41) is 0. The molecule has 4 fully saturated rings. The van der Waals surface area contributed by atoms with Crippen LogP contribution < -0.4 is 11.5 Å². The molecule has 4 aliphatic carbocycles. The van der Waals surface area contributed by atoms with Crippen LogP contribution >= 0.6 is 0 Å². The molecule has 0 aliphatic heterocycles. The zero-order valence-corrected chi connectivity index (χ0v) is 11.5. The Morgan fingerprint density at radius 1 is 1.12 bits per heavy atom. The molecule has 5 atom stereocenters. The van der Waals surface area contributed by atoms with Crippen molar-refractivity contribution in [2.45, 2.75) is 76.8 Å². The second-order valence-corrected chi connectivity index (χ2v) is 7.51. The summed E-state index contributed by atoms with van der Waals surface area (Å²) in [4.78, 5) is 0. The molecule has 98 valence electrons. The third-order valence-corrected chi connectivity index (χ3v) is 6.28. The summed E-state index contributed by atoms with van der Waals surface area (Å²) < 4.78 is 0. The van der Waals surface area contributed by atoms with Crippen molar-refractivity contribution in [2.24, 2.45) is 28.2 Å². The summed E-state index contributed by atoms with van der Waals surface area (Å²) in [6, 6.07) is 0.251. The van der Waals surface area contributed by atoms with Gasteiger partial charge in [-0.2, -0.15) is 0 Å². The van der Waals surface area contributed by atoms with Crippen molar-refractivity contribution in [1.29, 1.82) is 0 Å². The van der Waals surface area contributed by atoms with Crippen molar-refractivity contribution in [2.75, 3.05) is 0 Å². The van der Waals surface area contributed by atoms with E-state index < -0.39 is 0 Å². The van der Waals surface area contributed by atoms with Crippen molar-refractivity contribution >= 4 is 0 Å². The highest BCUT2D eigenvalue weighted by Gasteiger charge is 2.65. The van der Waals surface area contributed by atoms with Gasteiger partial charge in [-0.15, -0.1) is 0 Å². The zero-order valence-electron chi connectivity index (χ0n) is 11.5. The van der Waals surface area contributed by atoms with Gasteiger partial charge in [-0.25, -0.2) is 0 Å². The molecule has 0 heterocycles. The second-order valence-electron chi connectivity index (χ2n) is 7.51. The lowest BCUT2D eigenvalue weighted by Crippen LogP contribution is -2.74. The second kappa shape index (κ2) is 3.48. The normalized spacial score (nSPS) is 56.5. The van der Waals surface area contributed by atoms with Crippen LogP contribution in [0.4, 0.5) is 0 Å². The van der Waals surface area contributed by atoms with E-state index in [2.05, 4.69) is 13.8 Å². The number of hydrogen-bond donors (Lipinski definition) is 2. The van der Waals surface area contributed by atoms with Gasteiger partial charge in [-0.1, -0.05) is 20.3 Å². The molecule has 0 spiro atoms. The highest BCUT2D eigenvalue weighted by Crippen LogP contribution is 2.67. The van der Waals surface area contributed by atoms with Gasteiger partial charge in [0.1, 0.15) is 0 Å². The topological polar surface area (TPSA) is 52.0 Å². The summed E-state index contributed by atoms with van der Waals surface area (Å²) in [5.74, 6) is 0.869. The molecule has 4 aliphatic rings. The van der Waals surface area contributed by atoms with Gasteiger partial charge >= 0.3 is 0 Å². The number of nitrogens with two attached hydrogens (primary N) is 2. The molecule has 0 radical (unpaired) electrons. The Bertz CT molecular complexity index is 329. The Balaban J connectivity index is 2.00. The molecule has 0 saturated heterocycles. The fraction of sp³-hybridized carbons (Fsp3) is 1.00. The van der Waals surface area contributed by atoms with E-state index in [0.717, 1.165) is 5.92 Å². The molecule has 4 rings (SSSR count). The molecule has 4 saturated carbocycles. The minimum Gasteiger partial charge on any atom is -0.326 e. The first-order chi connectivity index (χ1) is 7.98. The molecule has 4 bridgehead atoms. The predicted molar refractivity (Wildman–Crippen MR) is 71.5 cm³/mol. The molecule has 4 N–H and O–H groups in total. The number of rotatable bonds is 3. The molecule has 5 unspecified atom stereocenters. The largest absolute Gasteiger partial charge is 0.326 e. The zero-order chi connectivity index (χ0) is 12.3. The monoisotopic (exact) mass is 236 g/mol. The third-order valence-electron chi connectivity index (χ3n) is 6.28. The standard InChI is InChI=1S/C15H28N2/c1-3-5-13-6-11-7-14(4-2,9-13)12(16)15(17,8-11)10-13/h11-12H,3-10,16-17H2,1-2H3. The Hall–Kier alpha value is -0.0800. The van der Waals surface area contributed by atoms with Gasteiger partial charge in [0.2, 0.25) is 0 Å². The Morgan fingerprint density at radius 3 is 2.53 bits per heavy atom. The minimum atomic E-state index is -0.0371. The average Bonchev–Trinajstić information content (AvgIpc) is 2.24. The van der Waals surface area contributed by atoms with Crippen LogP contribution in [0, 0.1) is 16.7 Å². The predicted octanol–water partition coefficient (Wildman–Crippen LogP) is 2.80. The molecule has 0 aromatic rings. The van der Waals surface area contributed by atoms with E-state index in [1.54, 1.807) is 0 Å². The lowest BCUT2D eigenvalue weighted by molar-refractivity contribution is -0.141. The molecule has 2 nitrogen and oxygen atoms in total. The van der Waals surface area contributed by atoms with Crippen molar-refractivity contribution in [1.82, 2.24) is 0 Å². The van der Waals surface area contributed by atoms with Gasteiger partial charge in [-0.05, 0) is 61.7 Å². The first-order valence-electron chi connectivity index (χ1n) is 7.52. The highest BCUT2D eigenvalue weighted by molar-refractivity contribution is 5.21. The van der Waals surface area contributed by atoms with Gasteiger partial charge in [0.05, 0.1) is 0 Å². The molecule has 0 aromatic carbocycles. The highest BCUT2D eigenvalue weighted by atomic mass is 14.9. The quantitative estimate of drug-likeness (QED) is 0.791. The van der Waals surface area contributed by atoms with Gasteiger partial charge in [0.15, 0.2) is 0 Å². The van der Waals surface area contributed by atoms with E-state index in [0.29, 0.717) is 10.8 Å². The Kier molecular flexibility index (Phi) is 2.45. The molecule has 0 amide bonds. The summed E-state index contributed by atoms with van der Waals surface area (Å²) in [5.41, 5.74) is 14.2. The minimum absolute atomic E-state index is 0.0371. The smallest absolute Gasteiger partial charge is 0.0321 e. The first-order valence-corrected chi connectivity index (χ1v) is 7.52. The SMILES string of the molecule is CCCC12CC3CC(N)(C1)C(N)C(CC)(C3)C2. The van der Waals surface area contributed by atoms with Crippen molar-refractivity contribution in [3.63, 3.8) is 0 Å². The van der Waals surface area contributed by atoms with Gasteiger partial charge in [0, 0.05) is 11.6 Å². The van der Waals surface area contributed by atoms with E-state index in [9.17, 15) is 0 Å². The molecular formula is C15H28N2. The van der Waals surface area contributed by atoms with Crippen LogP contribution in [-0.2, 0) is 0 Å². The van der Waals surface area contributed by atoms with E-state index in [1.165, 1.54) is 51.4 Å². The van der Waals surface area contributed by atoms with Crippen LogP contribution in [0.15, 0.2) is 0 Å². The van der Waals surface area contributed by atoms with Crippen molar-refractivity contribution in [3.05, 3.63) is 0 Å². The van der Waals surface area contributed by atoms with Crippen LogP contribution in [0.3, 0.4) is 0 Å². The van der Waals surface area contributed by atoms with Crippen LogP contribution in [0.2, 0.25) is 0 Å². The van der Waals surface area contributed by atoms with E-state index >= 15 is 0 Å².